The van der Waals surface area contributed by atoms with Crippen LogP contribution in [-0.2, 0) is 14.8 Å². The Hall–Kier alpha value is -1.40. The molecule has 5 nitrogen and oxygen atoms in total. The average Bonchev–Trinajstić information content (AvgIpc) is 2.99. The maximum Gasteiger partial charge on any atom is 0.240 e. The maximum absolute atomic E-state index is 12.3. The molecule has 0 saturated heterocycles. The first kappa shape index (κ1) is 17.9. The van der Waals surface area contributed by atoms with Gasteiger partial charge in [0, 0.05) is 18.2 Å². The molecule has 23 heavy (non-hydrogen) atoms. The van der Waals surface area contributed by atoms with Crippen molar-refractivity contribution in [2.24, 2.45) is 5.92 Å². The van der Waals surface area contributed by atoms with Gasteiger partial charge in [0.05, 0.1) is 4.90 Å². The van der Waals surface area contributed by atoms with Crippen LogP contribution >= 0.6 is 0 Å². The summed E-state index contributed by atoms with van der Waals surface area (Å²) < 4.78 is 27.4. The fourth-order valence-corrected chi connectivity index (χ4v) is 4.03. The molecule has 1 amide bonds. The van der Waals surface area contributed by atoms with E-state index < -0.39 is 10.0 Å². The SMILES string of the molecule is CCC(C)CC(=O)Nc1ccc(S(=O)(=O)NC2CCCC2)cc1. The molecule has 1 fully saturated rings. The lowest BCUT2D eigenvalue weighted by Crippen LogP contribution is -2.32. The quantitative estimate of drug-likeness (QED) is 0.801. The molecule has 0 heterocycles. The molecular weight excluding hydrogens is 312 g/mol. The van der Waals surface area contributed by atoms with Gasteiger partial charge >= 0.3 is 0 Å². The lowest BCUT2D eigenvalue weighted by atomic mass is 10.1. The molecule has 1 unspecified atom stereocenters. The van der Waals surface area contributed by atoms with Gasteiger partial charge in [0.2, 0.25) is 15.9 Å². The van der Waals surface area contributed by atoms with Crippen LogP contribution in [-0.4, -0.2) is 20.4 Å². The topological polar surface area (TPSA) is 75.3 Å². The zero-order chi connectivity index (χ0) is 16.9. The van der Waals surface area contributed by atoms with E-state index in [1.54, 1.807) is 12.1 Å². The Bertz CT molecular complexity index is 620. The Morgan fingerprint density at radius 2 is 1.83 bits per heavy atom. The second-order valence-corrected chi connectivity index (χ2v) is 8.11. The number of carbonyl (C=O) groups excluding carboxylic acids is 1. The van der Waals surface area contributed by atoms with Gasteiger partial charge < -0.3 is 5.32 Å². The Kier molecular flexibility index (Phi) is 6.18. The van der Waals surface area contributed by atoms with Crippen LogP contribution in [0.5, 0.6) is 0 Å². The molecule has 0 aromatic heterocycles. The van der Waals surface area contributed by atoms with Crippen molar-refractivity contribution >= 4 is 21.6 Å². The molecule has 1 aromatic rings. The summed E-state index contributed by atoms with van der Waals surface area (Å²) in [4.78, 5) is 12.1. The molecule has 2 N–H and O–H groups in total. The minimum absolute atomic E-state index is 0.0426. The van der Waals surface area contributed by atoms with Crippen molar-refractivity contribution < 1.29 is 13.2 Å². The summed E-state index contributed by atoms with van der Waals surface area (Å²) in [6, 6.07) is 6.40. The predicted molar refractivity (Wildman–Crippen MR) is 91.7 cm³/mol. The molecule has 0 spiro atoms. The lowest BCUT2D eigenvalue weighted by Gasteiger charge is -2.13. The molecular formula is C17H26N2O3S. The van der Waals surface area contributed by atoms with Gasteiger partial charge in [-0.3, -0.25) is 4.79 Å². The number of sulfonamides is 1. The van der Waals surface area contributed by atoms with Crippen LogP contribution in [0.15, 0.2) is 29.2 Å². The minimum Gasteiger partial charge on any atom is -0.326 e. The minimum atomic E-state index is -3.47. The van der Waals surface area contributed by atoms with Crippen molar-refractivity contribution in [3.05, 3.63) is 24.3 Å². The molecule has 1 aliphatic rings. The van der Waals surface area contributed by atoms with Crippen molar-refractivity contribution in [3.8, 4) is 0 Å². The fraction of sp³-hybridized carbons (Fsp3) is 0.588. The molecule has 1 aliphatic carbocycles. The van der Waals surface area contributed by atoms with E-state index in [0.29, 0.717) is 18.0 Å². The second kappa shape index (κ2) is 7.93. The van der Waals surface area contributed by atoms with Crippen LogP contribution in [0.1, 0.15) is 52.4 Å². The molecule has 0 radical (unpaired) electrons. The number of rotatable bonds is 7. The van der Waals surface area contributed by atoms with E-state index in [2.05, 4.69) is 17.0 Å². The lowest BCUT2D eigenvalue weighted by molar-refractivity contribution is -0.117. The Morgan fingerprint density at radius 3 is 2.39 bits per heavy atom. The number of amides is 1. The first-order valence-electron chi connectivity index (χ1n) is 8.33. The Labute approximate surface area is 138 Å². The number of nitrogens with one attached hydrogen (secondary N) is 2. The third-order valence-corrected chi connectivity index (χ3v) is 5.89. The molecule has 2 rings (SSSR count). The van der Waals surface area contributed by atoms with Gasteiger partial charge in [-0.25, -0.2) is 13.1 Å². The molecule has 128 valence electrons. The van der Waals surface area contributed by atoms with Crippen LogP contribution < -0.4 is 10.0 Å². The van der Waals surface area contributed by atoms with Crippen LogP contribution in [0, 0.1) is 5.92 Å². The first-order chi connectivity index (χ1) is 10.9. The summed E-state index contributed by atoms with van der Waals surface area (Å²) >= 11 is 0. The zero-order valence-corrected chi connectivity index (χ0v) is 14.7. The van der Waals surface area contributed by atoms with Crippen molar-refractivity contribution in [1.29, 1.82) is 0 Å². The van der Waals surface area contributed by atoms with Gasteiger partial charge in [0.25, 0.3) is 0 Å². The number of benzene rings is 1. The van der Waals surface area contributed by atoms with Crippen molar-refractivity contribution in [2.45, 2.75) is 63.3 Å². The van der Waals surface area contributed by atoms with E-state index in [9.17, 15) is 13.2 Å². The number of hydrogen-bond acceptors (Lipinski definition) is 3. The smallest absolute Gasteiger partial charge is 0.240 e. The number of anilines is 1. The van der Waals surface area contributed by atoms with Crippen molar-refractivity contribution in [2.75, 3.05) is 5.32 Å². The number of hydrogen-bond donors (Lipinski definition) is 2. The normalized spacial score (nSPS) is 17.1. The van der Waals surface area contributed by atoms with Crippen LogP contribution in [0.2, 0.25) is 0 Å². The summed E-state index contributed by atoms with van der Waals surface area (Å²) in [5.74, 6) is 0.296. The maximum atomic E-state index is 12.3. The summed E-state index contributed by atoms with van der Waals surface area (Å²) in [6.07, 6.45) is 5.39. The number of carbonyl (C=O) groups is 1. The first-order valence-corrected chi connectivity index (χ1v) is 9.81. The molecule has 1 aromatic carbocycles. The molecule has 1 atom stereocenters. The summed E-state index contributed by atoms with van der Waals surface area (Å²) in [7, 11) is -3.47. The summed E-state index contributed by atoms with van der Waals surface area (Å²) in [5, 5.41) is 2.80. The molecule has 0 bridgehead atoms. The summed E-state index contributed by atoms with van der Waals surface area (Å²) in [5.41, 5.74) is 0.623. The van der Waals surface area contributed by atoms with Crippen LogP contribution in [0.4, 0.5) is 5.69 Å². The van der Waals surface area contributed by atoms with E-state index in [1.165, 1.54) is 12.1 Å². The monoisotopic (exact) mass is 338 g/mol. The highest BCUT2D eigenvalue weighted by atomic mass is 32.2. The third-order valence-electron chi connectivity index (χ3n) is 4.36. The van der Waals surface area contributed by atoms with E-state index in [1.807, 2.05) is 6.92 Å². The Morgan fingerprint density at radius 1 is 1.22 bits per heavy atom. The largest absolute Gasteiger partial charge is 0.326 e. The second-order valence-electron chi connectivity index (χ2n) is 6.39. The van der Waals surface area contributed by atoms with Gasteiger partial charge in [0.15, 0.2) is 0 Å². The van der Waals surface area contributed by atoms with Crippen LogP contribution in [0.3, 0.4) is 0 Å². The average molecular weight is 338 g/mol. The van der Waals surface area contributed by atoms with E-state index >= 15 is 0 Å². The highest BCUT2D eigenvalue weighted by Crippen LogP contribution is 2.21. The molecule has 6 heteroatoms. The van der Waals surface area contributed by atoms with Gasteiger partial charge in [-0.1, -0.05) is 33.1 Å². The third kappa shape index (κ3) is 5.32. The molecule has 1 saturated carbocycles. The van der Waals surface area contributed by atoms with Gasteiger partial charge in [0.1, 0.15) is 0 Å². The van der Waals surface area contributed by atoms with Crippen molar-refractivity contribution in [3.63, 3.8) is 0 Å². The van der Waals surface area contributed by atoms with Gasteiger partial charge in [-0.15, -0.1) is 0 Å². The highest BCUT2D eigenvalue weighted by molar-refractivity contribution is 7.89. The van der Waals surface area contributed by atoms with Gasteiger partial charge in [-0.2, -0.15) is 0 Å². The van der Waals surface area contributed by atoms with E-state index in [4.69, 9.17) is 0 Å². The zero-order valence-electron chi connectivity index (χ0n) is 13.8. The highest BCUT2D eigenvalue weighted by Gasteiger charge is 2.22. The summed E-state index contributed by atoms with van der Waals surface area (Å²) in [6.45, 7) is 4.08. The predicted octanol–water partition coefficient (Wildman–Crippen LogP) is 3.28. The van der Waals surface area contributed by atoms with E-state index in [-0.39, 0.29) is 16.8 Å². The van der Waals surface area contributed by atoms with Crippen LogP contribution in [0.25, 0.3) is 0 Å². The molecule has 0 aliphatic heterocycles. The van der Waals surface area contributed by atoms with E-state index in [0.717, 1.165) is 32.1 Å². The Balaban J connectivity index is 1.96. The standard InChI is InChI=1S/C17H26N2O3S/c1-3-13(2)12-17(20)18-14-8-10-16(11-9-14)23(21,22)19-15-6-4-5-7-15/h8-11,13,15,19H,3-7,12H2,1-2H3,(H,18,20). The fourth-order valence-electron chi connectivity index (χ4n) is 2.72. The van der Waals surface area contributed by atoms with Gasteiger partial charge in [-0.05, 0) is 43.0 Å². The van der Waals surface area contributed by atoms with Crippen molar-refractivity contribution in [1.82, 2.24) is 4.72 Å².